The second-order valence-corrected chi connectivity index (χ2v) is 5.82. The van der Waals surface area contributed by atoms with Crippen LogP contribution in [0.3, 0.4) is 0 Å². The Hall–Kier alpha value is -1.08. The molecule has 0 aliphatic carbocycles. The number of aromatic nitrogens is 2. The fraction of sp³-hybridized carbons (Fsp3) is 0.667. The Morgan fingerprint density at radius 1 is 1.56 bits per heavy atom. The van der Waals surface area contributed by atoms with Crippen LogP contribution in [0.4, 0.5) is 5.82 Å². The van der Waals surface area contributed by atoms with Gasteiger partial charge in [0, 0.05) is 6.54 Å². The smallest absolute Gasteiger partial charge is 0.245 e. The van der Waals surface area contributed by atoms with Crippen molar-refractivity contribution in [2.24, 2.45) is 5.92 Å². The number of anilines is 1. The van der Waals surface area contributed by atoms with Crippen LogP contribution in [0.5, 0.6) is 0 Å². The van der Waals surface area contributed by atoms with Crippen molar-refractivity contribution in [2.75, 3.05) is 12.3 Å². The number of H-pyrrole nitrogens is 1. The third-order valence-electron chi connectivity index (χ3n) is 2.17. The molecule has 6 nitrogen and oxygen atoms in total. The first-order valence-electron chi connectivity index (χ1n) is 5.22. The quantitative estimate of drug-likeness (QED) is 0.643. The van der Waals surface area contributed by atoms with E-state index in [9.17, 15) is 8.42 Å². The van der Waals surface area contributed by atoms with E-state index in [1.165, 1.54) is 6.20 Å². The molecule has 0 aliphatic rings. The van der Waals surface area contributed by atoms with E-state index in [2.05, 4.69) is 28.8 Å². The van der Waals surface area contributed by atoms with Gasteiger partial charge in [-0.15, -0.1) is 0 Å². The fourth-order valence-electron chi connectivity index (χ4n) is 1.29. The molecular weight excluding hydrogens is 228 g/mol. The molecule has 0 fully saturated rings. The third kappa shape index (κ3) is 3.49. The standard InChI is InChI=1S/C9H18N4O2S/c1-7(2)4-3-5-12-16(14,15)8-6-11-13-9(8)10/h6-7,12H,3-5H2,1-2H3,(H3,10,11,13). The molecule has 1 aromatic rings. The normalized spacial score (nSPS) is 12.2. The summed E-state index contributed by atoms with van der Waals surface area (Å²) in [6.07, 6.45) is 3.01. The summed E-state index contributed by atoms with van der Waals surface area (Å²) in [4.78, 5) is 0.0112. The second kappa shape index (κ2) is 5.31. The maximum atomic E-state index is 11.7. The van der Waals surface area contributed by atoms with E-state index >= 15 is 0 Å². The third-order valence-corrected chi connectivity index (χ3v) is 3.66. The predicted octanol–water partition coefficient (Wildman–Crippen LogP) is 0.706. The molecule has 0 unspecified atom stereocenters. The van der Waals surface area contributed by atoms with E-state index in [0.29, 0.717) is 12.5 Å². The van der Waals surface area contributed by atoms with Crippen LogP contribution < -0.4 is 10.5 Å². The van der Waals surface area contributed by atoms with Crippen molar-refractivity contribution in [3.8, 4) is 0 Å². The van der Waals surface area contributed by atoms with Crippen molar-refractivity contribution < 1.29 is 8.42 Å². The minimum absolute atomic E-state index is 0.0112. The van der Waals surface area contributed by atoms with Crippen LogP contribution >= 0.6 is 0 Å². The molecular formula is C9H18N4O2S. The highest BCUT2D eigenvalue weighted by Gasteiger charge is 2.18. The first-order valence-corrected chi connectivity index (χ1v) is 6.70. The summed E-state index contributed by atoms with van der Waals surface area (Å²) in [7, 11) is -3.51. The maximum absolute atomic E-state index is 11.7. The number of nitrogens with zero attached hydrogens (tertiary/aromatic N) is 1. The molecule has 1 rings (SSSR count). The van der Waals surface area contributed by atoms with Crippen LogP contribution in [-0.4, -0.2) is 25.2 Å². The van der Waals surface area contributed by atoms with Crippen LogP contribution in [0, 0.1) is 5.92 Å². The number of sulfonamides is 1. The minimum atomic E-state index is -3.51. The van der Waals surface area contributed by atoms with Gasteiger partial charge in [0.2, 0.25) is 10.0 Å². The number of hydrogen-bond donors (Lipinski definition) is 3. The Balaban J connectivity index is 2.51. The summed E-state index contributed by atoms with van der Waals surface area (Å²) >= 11 is 0. The molecule has 0 aromatic carbocycles. The van der Waals surface area contributed by atoms with Gasteiger partial charge in [-0.05, 0) is 18.8 Å². The van der Waals surface area contributed by atoms with Gasteiger partial charge in [-0.3, -0.25) is 5.10 Å². The maximum Gasteiger partial charge on any atom is 0.245 e. The van der Waals surface area contributed by atoms with Gasteiger partial charge >= 0.3 is 0 Å². The van der Waals surface area contributed by atoms with Gasteiger partial charge in [-0.2, -0.15) is 5.10 Å². The summed E-state index contributed by atoms with van der Waals surface area (Å²) in [6, 6.07) is 0. The molecule has 7 heteroatoms. The van der Waals surface area contributed by atoms with E-state index in [-0.39, 0.29) is 10.7 Å². The van der Waals surface area contributed by atoms with Crippen LogP contribution in [0.25, 0.3) is 0 Å². The molecule has 0 saturated carbocycles. The zero-order chi connectivity index (χ0) is 12.2. The molecule has 92 valence electrons. The predicted molar refractivity (Wildman–Crippen MR) is 62.3 cm³/mol. The summed E-state index contributed by atoms with van der Waals surface area (Å²) in [6.45, 7) is 4.62. The number of hydrogen-bond acceptors (Lipinski definition) is 4. The number of nitrogens with two attached hydrogens (primary N) is 1. The highest BCUT2D eigenvalue weighted by Crippen LogP contribution is 2.13. The van der Waals surface area contributed by atoms with Crippen molar-refractivity contribution in [1.82, 2.24) is 14.9 Å². The SMILES string of the molecule is CC(C)CCCNS(=O)(=O)c1cn[nH]c1N. The van der Waals surface area contributed by atoms with Crippen LogP contribution in [0.2, 0.25) is 0 Å². The topological polar surface area (TPSA) is 101 Å². The van der Waals surface area contributed by atoms with Crippen LogP contribution in [0.1, 0.15) is 26.7 Å². The Bertz CT molecular complexity index is 424. The van der Waals surface area contributed by atoms with Gasteiger partial charge in [0.05, 0.1) is 6.20 Å². The largest absolute Gasteiger partial charge is 0.383 e. The van der Waals surface area contributed by atoms with Gasteiger partial charge in [0.1, 0.15) is 10.7 Å². The molecule has 4 N–H and O–H groups in total. The summed E-state index contributed by atoms with van der Waals surface area (Å²) in [5.41, 5.74) is 5.44. The summed E-state index contributed by atoms with van der Waals surface area (Å²) in [5, 5.41) is 5.97. The first-order chi connectivity index (χ1) is 7.43. The van der Waals surface area contributed by atoms with Crippen molar-refractivity contribution in [3.63, 3.8) is 0 Å². The average molecular weight is 246 g/mol. The van der Waals surface area contributed by atoms with Gasteiger partial charge in [-0.1, -0.05) is 13.8 Å². The lowest BCUT2D eigenvalue weighted by Gasteiger charge is -2.06. The van der Waals surface area contributed by atoms with E-state index in [1.54, 1.807) is 0 Å². The van der Waals surface area contributed by atoms with Crippen molar-refractivity contribution in [2.45, 2.75) is 31.6 Å². The van der Waals surface area contributed by atoms with Gasteiger partial charge in [-0.25, -0.2) is 13.1 Å². The second-order valence-electron chi connectivity index (χ2n) is 4.08. The lowest BCUT2D eigenvalue weighted by atomic mass is 10.1. The minimum Gasteiger partial charge on any atom is -0.383 e. The molecule has 0 bridgehead atoms. The Labute approximate surface area is 95.7 Å². The van der Waals surface area contributed by atoms with Crippen LogP contribution in [0.15, 0.2) is 11.1 Å². The highest BCUT2D eigenvalue weighted by molar-refractivity contribution is 7.89. The van der Waals surface area contributed by atoms with Crippen molar-refractivity contribution in [1.29, 1.82) is 0 Å². The van der Waals surface area contributed by atoms with E-state index in [1.807, 2.05) is 0 Å². The Morgan fingerprint density at radius 3 is 2.75 bits per heavy atom. The van der Waals surface area contributed by atoms with Gasteiger partial charge < -0.3 is 5.73 Å². The average Bonchev–Trinajstić information content (AvgIpc) is 2.59. The van der Waals surface area contributed by atoms with Gasteiger partial charge in [0.25, 0.3) is 0 Å². The highest BCUT2D eigenvalue weighted by atomic mass is 32.2. The first kappa shape index (κ1) is 13.0. The van der Waals surface area contributed by atoms with E-state index in [4.69, 9.17) is 5.73 Å². The zero-order valence-electron chi connectivity index (χ0n) is 9.53. The molecule has 0 radical (unpaired) electrons. The van der Waals surface area contributed by atoms with E-state index < -0.39 is 10.0 Å². The summed E-state index contributed by atoms with van der Waals surface area (Å²) < 4.78 is 25.9. The lowest BCUT2D eigenvalue weighted by molar-refractivity contribution is 0.540. The Kier molecular flexibility index (Phi) is 4.31. The zero-order valence-corrected chi connectivity index (χ0v) is 10.3. The molecule has 0 amide bonds. The van der Waals surface area contributed by atoms with Crippen molar-refractivity contribution >= 4 is 15.8 Å². The van der Waals surface area contributed by atoms with E-state index in [0.717, 1.165) is 12.8 Å². The van der Waals surface area contributed by atoms with Crippen molar-refractivity contribution in [3.05, 3.63) is 6.20 Å². The number of nitrogens with one attached hydrogen (secondary N) is 2. The number of aromatic amines is 1. The number of nitrogen functional groups attached to an aromatic ring is 1. The molecule has 0 saturated heterocycles. The van der Waals surface area contributed by atoms with Crippen LogP contribution in [-0.2, 0) is 10.0 Å². The monoisotopic (exact) mass is 246 g/mol. The molecule has 0 atom stereocenters. The molecule has 1 aromatic heterocycles. The van der Waals surface area contributed by atoms with Gasteiger partial charge in [0.15, 0.2) is 0 Å². The summed E-state index contributed by atoms with van der Waals surface area (Å²) in [5.74, 6) is 0.639. The lowest BCUT2D eigenvalue weighted by Crippen LogP contribution is -2.25. The fourth-order valence-corrected chi connectivity index (χ4v) is 2.39. The molecule has 0 aliphatic heterocycles. The molecule has 1 heterocycles. The Morgan fingerprint density at radius 2 is 2.25 bits per heavy atom. The molecule has 0 spiro atoms. The number of rotatable bonds is 6. The molecule has 16 heavy (non-hydrogen) atoms.